The zero-order chi connectivity index (χ0) is 12.7. The number of benzene rings is 1. The normalized spacial score (nSPS) is 10.9. The minimum Gasteiger partial charge on any atom is -0.445 e. The van der Waals surface area contributed by atoms with Gasteiger partial charge in [0, 0.05) is 10.6 Å². The molecule has 3 rings (SSSR count). The molecule has 1 aromatic carbocycles. The Bertz CT molecular complexity index is 774. The molecule has 2 heterocycles. The number of nitrogens with zero attached hydrogens (tertiary/aromatic N) is 1. The molecular weight excluding hydrogens is 254 g/mol. The van der Waals surface area contributed by atoms with Crippen LogP contribution < -0.4 is 11.3 Å². The van der Waals surface area contributed by atoms with Gasteiger partial charge in [-0.05, 0) is 17.7 Å². The molecule has 3 N–H and O–H groups in total. The minimum absolute atomic E-state index is 0.0320. The van der Waals surface area contributed by atoms with Gasteiger partial charge < -0.3 is 10.2 Å². The molecule has 6 heteroatoms. The summed E-state index contributed by atoms with van der Waals surface area (Å²) in [6.45, 7) is 0. The van der Waals surface area contributed by atoms with Crippen molar-refractivity contribution < 1.29 is 4.42 Å². The highest BCUT2D eigenvalue weighted by Crippen LogP contribution is 2.28. The van der Waals surface area contributed by atoms with Crippen LogP contribution in [-0.4, -0.2) is 9.97 Å². The van der Waals surface area contributed by atoms with Crippen LogP contribution in [0.1, 0.15) is 0 Å². The maximum Gasteiger partial charge on any atom is 0.264 e. The number of nitrogens with one attached hydrogen (secondary N) is 1. The predicted molar refractivity (Wildman–Crippen MR) is 69.5 cm³/mol. The number of aromatic amines is 1. The van der Waals surface area contributed by atoms with Gasteiger partial charge in [-0.25, -0.2) is 0 Å². The van der Waals surface area contributed by atoms with Crippen molar-refractivity contribution in [3.8, 4) is 11.1 Å². The van der Waals surface area contributed by atoms with Gasteiger partial charge in [0.15, 0.2) is 0 Å². The monoisotopic (exact) mass is 261 g/mol. The summed E-state index contributed by atoms with van der Waals surface area (Å²) in [6, 6.07) is 7.11. The van der Waals surface area contributed by atoms with E-state index < -0.39 is 0 Å². The smallest absolute Gasteiger partial charge is 0.264 e. The van der Waals surface area contributed by atoms with Crippen LogP contribution in [0, 0.1) is 0 Å². The summed E-state index contributed by atoms with van der Waals surface area (Å²) in [7, 11) is 0. The molecule has 0 aliphatic heterocycles. The van der Waals surface area contributed by atoms with E-state index in [-0.39, 0.29) is 17.2 Å². The topological polar surface area (TPSA) is 84.9 Å². The van der Waals surface area contributed by atoms with Crippen molar-refractivity contribution >= 4 is 28.6 Å². The van der Waals surface area contributed by atoms with E-state index in [4.69, 9.17) is 21.8 Å². The molecule has 0 bridgehead atoms. The Labute approximate surface area is 106 Å². The summed E-state index contributed by atoms with van der Waals surface area (Å²) in [6.07, 6.45) is 1.48. The second-order valence-electron chi connectivity index (χ2n) is 3.79. The fourth-order valence-corrected chi connectivity index (χ4v) is 1.93. The lowest BCUT2D eigenvalue weighted by Crippen LogP contribution is -2.10. The fourth-order valence-electron chi connectivity index (χ4n) is 1.81. The summed E-state index contributed by atoms with van der Waals surface area (Å²) in [5, 5.41) is 1.01. The molecule has 0 aliphatic carbocycles. The maximum absolute atomic E-state index is 11.9. The zero-order valence-corrected chi connectivity index (χ0v) is 9.86. The van der Waals surface area contributed by atoms with E-state index in [2.05, 4.69) is 9.97 Å². The first kappa shape index (κ1) is 10.9. The Morgan fingerprint density at radius 2 is 2.00 bits per heavy atom. The highest BCUT2D eigenvalue weighted by atomic mass is 35.5. The molecule has 0 saturated carbocycles. The number of nitrogen functional groups attached to an aromatic ring is 1. The maximum atomic E-state index is 11.9. The molecule has 2 aromatic heterocycles. The minimum atomic E-state index is -0.323. The van der Waals surface area contributed by atoms with Crippen molar-refractivity contribution in [1.82, 2.24) is 9.97 Å². The summed E-state index contributed by atoms with van der Waals surface area (Å²) in [5.41, 5.74) is 6.84. The first-order chi connectivity index (χ1) is 8.65. The van der Waals surface area contributed by atoms with Gasteiger partial charge in [-0.1, -0.05) is 23.7 Å². The van der Waals surface area contributed by atoms with E-state index in [1.165, 1.54) is 6.26 Å². The van der Waals surface area contributed by atoms with Crippen LogP contribution in [0.3, 0.4) is 0 Å². The number of furan rings is 1. The van der Waals surface area contributed by atoms with Crippen molar-refractivity contribution in [2.24, 2.45) is 0 Å². The largest absolute Gasteiger partial charge is 0.445 e. The summed E-state index contributed by atoms with van der Waals surface area (Å²) in [5.74, 6) is 0.0320. The summed E-state index contributed by atoms with van der Waals surface area (Å²) >= 11 is 5.82. The van der Waals surface area contributed by atoms with E-state index in [0.717, 1.165) is 5.56 Å². The van der Waals surface area contributed by atoms with Crippen molar-refractivity contribution in [3.05, 3.63) is 45.9 Å². The molecule has 0 unspecified atom stereocenters. The quantitative estimate of drug-likeness (QED) is 0.704. The zero-order valence-electron chi connectivity index (χ0n) is 9.11. The molecule has 0 atom stereocenters. The van der Waals surface area contributed by atoms with Gasteiger partial charge in [0.1, 0.15) is 11.6 Å². The number of hydrogen-bond donors (Lipinski definition) is 2. The highest BCUT2D eigenvalue weighted by Gasteiger charge is 2.13. The van der Waals surface area contributed by atoms with E-state index in [9.17, 15) is 4.79 Å². The van der Waals surface area contributed by atoms with Crippen molar-refractivity contribution in [2.45, 2.75) is 0 Å². The molecule has 90 valence electrons. The van der Waals surface area contributed by atoms with Gasteiger partial charge in [-0.3, -0.25) is 9.78 Å². The average Bonchev–Trinajstić information content (AvgIpc) is 2.74. The Kier molecular flexibility index (Phi) is 2.34. The third kappa shape index (κ3) is 1.65. The molecule has 3 aromatic rings. The first-order valence-corrected chi connectivity index (χ1v) is 5.56. The lowest BCUT2D eigenvalue weighted by molar-refractivity contribution is 0.604. The number of aromatic nitrogens is 2. The molecule has 0 fully saturated rings. The van der Waals surface area contributed by atoms with Crippen molar-refractivity contribution in [1.29, 1.82) is 0 Å². The molecular formula is C12H8ClN3O2. The molecule has 0 spiro atoms. The Hall–Kier alpha value is -2.27. The SMILES string of the molecule is Nc1nc2occ(-c3ccc(Cl)cc3)c2c(=O)[nH]1. The van der Waals surface area contributed by atoms with Crippen LogP contribution in [0.15, 0.2) is 39.7 Å². The molecule has 0 amide bonds. The van der Waals surface area contributed by atoms with Crippen LogP contribution in [0.5, 0.6) is 0 Å². The number of nitrogens with two attached hydrogens (primary N) is 1. The van der Waals surface area contributed by atoms with E-state index in [1.54, 1.807) is 12.1 Å². The molecule has 0 aliphatic rings. The first-order valence-electron chi connectivity index (χ1n) is 5.18. The van der Waals surface area contributed by atoms with Gasteiger partial charge in [0.2, 0.25) is 11.7 Å². The van der Waals surface area contributed by atoms with Crippen molar-refractivity contribution in [2.75, 3.05) is 5.73 Å². The molecule has 0 saturated heterocycles. The fraction of sp³-hybridized carbons (Fsp3) is 0. The standard InChI is InChI=1S/C12H8ClN3O2/c13-7-3-1-6(2-4-7)8-5-18-11-9(8)10(17)15-12(14)16-11/h1-5H,(H3,14,15,16,17). The molecule has 5 nitrogen and oxygen atoms in total. The van der Waals surface area contributed by atoms with Gasteiger partial charge >= 0.3 is 0 Å². The number of fused-ring (bicyclic) bond motifs is 1. The number of rotatable bonds is 1. The Balaban J connectivity index is 2.30. The van der Waals surface area contributed by atoms with E-state index in [0.29, 0.717) is 16.0 Å². The van der Waals surface area contributed by atoms with Crippen LogP contribution in [0.4, 0.5) is 5.95 Å². The van der Waals surface area contributed by atoms with Crippen LogP contribution >= 0.6 is 11.6 Å². The Morgan fingerprint density at radius 1 is 1.28 bits per heavy atom. The number of halogens is 1. The third-order valence-corrected chi connectivity index (χ3v) is 2.87. The van der Waals surface area contributed by atoms with Gasteiger partial charge in [0.05, 0.1) is 0 Å². The third-order valence-electron chi connectivity index (χ3n) is 2.62. The van der Waals surface area contributed by atoms with Gasteiger partial charge in [-0.15, -0.1) is 0 Å². The van der Waals surface area contributed by atoms with E-state index in [1.807, 2.05) is 12.1 Å². The Morgan fingerprint density at radius 3 is 2.72 bits per heavy atom. The molecule has 0 radical (unpaired) electrons. The molecule has 18 heavy (non-hydrogen) atoms. The predicted octanol–water partition coefficient (Wildman–Crippen LogP) is 2.42. The highest BCUT2D eigenvalue weighted by molar-refractivity contribution is 6.30. The lowest BCUT2D eigenvalue weighted by Gasteiger charge is -1.98. The van der Waals surface area contributed by atoms with Crippen LogP contribution in [0.2, 0.25) is 5.02 Å². The second kappa shape index (κ2) is 3.89. The number of hydrogen-bond acceptors (Lipinski definition) is 4. The lowest BCUT2D eigenvalue weighted by atomic mass is 10.1. The van der Waals surface area contributed by atoms with Crippen LogP contribution in [0.25, 0.3) is 22.2 Å². The number of anilines is 1. The van der Waals surface area contributed by atoms with Gasteiger partial charge in [-0.2, -0.15) is 4.98 Å². The summed E-state index contributed by atoms with van der Waals surface area (Å²) < 4.78 is 5.25. The van der Waals surface area contributed by atoms with Crippen molar-refractivity contribution in [3.63, 3.8) is 0 Å². The summed E-state index contributed by atoms with van der Waals surface area (Å²) in [4.78, 5) is 18.2. The average molecular weight is 262 g/mol. The number of H-pyrrole nitrogens is 1. The van der Waals surface area contributed by atoms with Crippen LogP contribution in [-0.2, 0) is 0 Å². The second-order valence-corrected chi connectivity index (χ2v) is 4.22. The van der Waals surface area contributed by atoms with Gasteiger partial charge in [0.25, 0.3) is 5.56 Å². The van der Waals surface area contributed by atoms with E-state index >= 15 is 0 Å².